The third-order valence-electron chi connectivity index (χ3n) is 4.92. The summed E-state index contributed by atoms with van der Waals surface area (Å²) in [6, 6.07) is 4.82. The molecule has 0 saturated carbocycles. The SMILES string of the molecule is Cc1cc(C(F)(F)F)cc(O)c1-c1ccc2cn([C@@H]3CCOC[C@H]3O)nc2n1. The molecule has 0 bridgehead atoms. The number of aliphatic hydroxyl groups is 1. The smallest absolute Gasteiger partial charge is 0.416 e. The van der Waals surface area contributed by atoms with Gasteiger partial charge in [0, 0.05) is 23.8 Å². The van der Waals surface area contributed by atoms with E-state index in [1.54, 1.807) is 23.0 Å². The van der Waals surface area contributed by atoms with Gasteiger partial charge in [0.05, 0.1) is 30.0 Å². The molecule has 0 aliphatic carbocycles. The minimum absolute atomic E-state index is 0.229. The summed E-state index contributed by atoms with van der Waals surface area (Å²) in [5.74, 6) is -0.488. The number of benzene rings is 1. The first kappa shape index (κ1) is 18.7. The van der Waals surface area contributed by atoms with Crippen LogP contribution in [0.3, 0.4) is 0 Å². The molecule has 1 fully saturated rings. The van der Waals surface area contributed by atoms with Gasteiger partial charge in [-0.05, 0) is 43.2 Å². The Morgan fingerprint density at radius 2 is 2.04 bits per heavy atom. The Bertz CT molecular complexity index is 1010. The van der Waals surface area contributed by atoms with Gasteiger partial charge in [-0.2, -0.15) is 18.3 Å². The minimum atomic E-state index is -4.54. The molecule has 4 rings (SSSR count). The van der Waals surface area contributed by atoms with Crippen molar-refractivity contribution in [1.29, 1.82) is 0 Å². The highest BCUT2D eigenvalue weighted by molar-refractivity contribution is 5.80. The number of pyridine rings is 1. The van der Waals surface area contributed by atoms with Gasteiger partial charge in [0.1, 0.15) is 5.75 Å². The van der Waals surface area contributed by atoms with Crippen molar-refractivity contribution < 1.29 is 28.1 Å². The molecule has 1 aliphatic heterocycles. The summed E-state index contributed by atoms with van der Waals surface area (Å²) in [6.45, 7) is 2.25. The Labute approximate surface area is 158 Å². The largest absolute Gasteiger partial charge is 0.507 e. The van der Waals surface area contributed by atoms with Crippen LogP contribution in [0.15, 0.2) is 30.5 Å². The molecule has 2 aromatic heterocycles. The van der Waals surface area contributed by atoms with Crippen LogP contribution in [-0.2, 0) is 10.9 Å². The van der Waals surface area contributed by atoms with Gasteiger partial charge < -0.3 is 14.9 Å². The zero-order valence-electron chi connectivity index (χ0n) is 14.9. The molecule has 3 heterocycles. The van der Waals surface area contributed by atoms with Crippen molar-refractivity contribution in [2.45, 2.75) is 31.7 Å². The predicted octanol–water partition coefficient (Wildman–Crippen LogP) is 3.45. The number of alkyl halides is 3. The molecule has 1 saturated heterocycles. The number of fused-ring (bicyclic) bond motifs is 1. The summed E-state index contributed by atoms with van der Waals surface area (Å²) in [6.07, 6.45) is -2.84. The number of aromatic hydroxyl groups is 1. The van der Waals surface area contributed by atoms with Crippen molar-refractivity contribution in [2.75, 3.05) is 13.2 Å². The topological polar surface area (TPSA) is 80.4 Å². The lowest BCUT2D eigenvalue weighted by atomic mass is 10.00. The van der Waals surface area contributed by atoms with Crippen molar-refractivity contribution in [3.63, 3.8) is 0 Å². The molecule has 0 unspecified atom stereocenters. The first-order chi connectivity index (χ1) is 13.2. The number of hydrogen-bond acceptors (Lipinski definition) is 5. The number of hydrogen-bond donors (Lipinski definition) is 2. The van der Waals surface area contributed by atoms with E-state index in [1.165, 1.54) is 6.92 Å². The maximum absolute atomic E-state index is 12.9. The predicted molar refractivity (Wildman–Crippen MR) is 94.8 cm³/mol. The van der Waals surface area contributed by atoms with Gasteiger partial charge in [-0.1, -0.05) is 0 Å². The Balaban J connectivity index is 1.74. The number of nitrogens with zero attached hydrogens (tertiary/aromatic N) is 3. The maximum atomic E-state index is 12.9. The van der Waals surface area contributed by atoms with Crippen molar-refractivity contribution in [2.24, 2.45) is 0 Å². The fourth-order valence-corrected chi connectivity index (χ4v) is 3.52. The molecule has 2 N–H and O–H groups in total. The van der Waals surface area contributed by atoms with E-state index in [1.807, 2.05) is 0 Å². The summed E-state index contributed by atoms with van der Waals surface area (Å²) < 4.78 is 45.7. The first-order valence-corrected chi connectivity index (χ1v) is 8.77. The van der Waals surface area contributed by atoms with E-state index >= 15 is 0 Å². The third-order valence-corrected chi connectivity index (χ3v) is 4.92. The van der Waals surface area contributed by atoms with E-state index in [4.69, 9.17) is 4.74 Å². The minimum Gasteiger partial charge on any atom is -0.507 e. The summed E-state index contributed by atoms with van der Waals surface area (Å²) in [5, 5.41) is 25.5. The summed E-state index contributed by atoms with van der Waals surface area (Å²) >= 11 is 0. The lowest BCUT2D eigenvalue weighted by Gasteiger charge is -2.27. The van der Waals surface area contributed by atoms with Crippen LogP contribution < -0.4 is 0 Å². The highest BCUT2D eigenvalue weighted by Crippen LogP contribution is 2.38. The van der Waals surface area contributed by atoms with E-state index < -0.39 is 23.6 Å². The van der Waals surface area contributed by atoms with Crippen LogP contribution in [0.1, 0.15) is 23.6 Å². The number of phenols is 1. The second-order valence-electron chi connectivity index (χ2n) is 6.90. The highest BCUT2D eigenvalue weighted by atomic mass is 19.4. The first-order valence-electron chi connectivity index (χ1n) is 8.77. The fraction of sp³-hybridized carbons (Fsp3) is 0.368. The normalized spacial score (nSPS) is 20.6. The summed E-state index contributed by atoms with van der Waals surface area (Å²) in [5.41, 5.74) is 0.294. The Hall–Kier alpha value is -2.65. The van der Waals surface area contributed by atoms with Gasteiger partial charge in [0.25, 0.3) is 0 Å². The van der Waals surface area contributed by atoms with Gasteiger partial charge in [0.2, 0.25) is 0 Å². The Morgan fingerprint density at radius 3 is 2.71 bits per heavy atom. The molecule has 3 aromatic rings. The molecule has 2 atom stereocenters. The highest BCUT2D eigenvalue weighted by Gasteiger charge is 2.32. The monoisotopic (exact) mass is 393 g/mol. The number of ether oxygens (including phenoxy) is 1. The Kier molecular flexibility index (Phi) is 4.51. The van der Waals surface area contributed by atoms with Crippen molar-refractivity contribution >= 4 is 11.0 Å². The number of aliphatic hydroxyl groups excluding tert-OH is 1. The number of halogens is 3. The van der Waals surface area contributed by atoms with Crippen LogP contribution in [0.25, 0.3) is 22.3 Å². The zero-order chi connectivity index (χ0) is 20.1. The van der Waals surface area contributed by atoms with Gasteiger partial charge in [-0.3, -0.25) is 4.68 Å². The molecule has 28 heavy (non-hydrogen) atoms. The second kappa shape index (κ2) is 6.75. The maximum Gasteiger partial charge on any atom is 0.416 e. The van der Waals surface area contributed by atoms with E-state index in [9.17, 15) is 23.4 Å². The van der Waals surface area contributed by atoms with E-state index in [2.05, 4.69) is 10.1 Å². The number of phenolic OH excluding ortho intramolecular Hbond substituents is 1. The number of aromatic nitrogens is 3. The second-order valence-corrected chi connectivity index (χ2v) is 6.90. The van der Waals surface area contributed by atoms with Crippen molar-refractivity contribution in [1.82, 2.24) is 14.8 Å². The van der Waals surface area contributed by atoms with Crippen LogP contribution in [-0.4, -0.2) is 44.3 Å². The number of aryl methyl sites for hydroxylation is 1. The molecular formula is C19H18F3N3O3. The van der Waals surface area contributed by atoms with Crippen molar-refractivity contribution in [3.8, 4) is 17.0 Å². The van der Waals surface area contributed by atoms with E-state index in [0.29, 0.717) is 30.4 Å². The molecule has 0 radical (unpaired) electrons. The molecule has 6 nitrogen and oxygen atoms in total. The van der Waals surface area contributed by atoms with E-state index in [0.717, 1.165) is 11.5 Å². The molecule has 1 aliphatic rings. The van der Waals surface area contributed by atoms with Crippen LogP contribution in [0.2, 0.25) is 0 Å². The molecular weight excluding hydrogens is 375 g/mol. The average molecular weight is 393 g/mol. The van der Waals surface area contributed by atoms with Crippen LogP contribution in [0, 0.1) is 6.92 Å². The molecule has 9 heteroatoms. The quantitative estimate of drug-likeness (QED) is 0.697. The molecule has 148 valence electrons. The Morgan fingerprint density at radius 1 is 1.25 bits per heavy atom. The lowest BCUT2D eigenvalue weighted by molar-refractivity contribution is -0.137. The summed E-state index contributed by atoms with van der Waals surface area (Å²) in [7, 11) is 0. The molecule has 0 amide bonds. The molecule has 0 spiro atoms. The van der Waals surface area contributed by atoms with Crippen LogP contribution in [0.4, 0.5) is 13.2 Å². The molecule has 1 aromatic carbocycles. The van der Waals surface area contributed by atoms with Crippen molar-refractivity contribution in [3.05, 3.63) is 41.6 Å². The van der Waals surface area contributed by atoms with Crippen LogP contribution >= 0.6 is 0 Å². The third kappa shape index (κ3) is 3.31. The van der Waals surface area contributed by atoms with Gasteiger partial charge in [-0.25, -0.2) is 4.98 Å². The number of rotatable bonds is 2. The lowest BCUT2D eigenvalue weighted by Crippen LogP contribution is -2.34. The standard InChI is InChI=1S/C19H18F3N3O3/c1-10-6-12(19(20,21)22)7-15(26)17(10)13-3-2-11-8-25(24-18(11)23-13)14-4-5-28-9-16(14)27/h2-3,6-8,14,16,26-27H,4-5,9H2,1H3/t14-,16-/m1/s1. The van der Waals surface area contributed by atoms with Gasteiger partial charge >= 0.3 is 6.18 Å². The van der Waals surface area contributed by atoms with E-state index in [-0.39, 0.29) is 23.8 Å². The van der Waals surface area contributed by atoms with Gasteiger partial charge in [-0.15, -0.1) is 0 Å². The van der Waals surface area contributed by atoms with Crippen LogP contribution in [0.5, 0.6) is 5.75 Å². The zero-order valence-corrected chi connectivity index (χ0v) is 14.9. The average Bonchev–Trinajstić information content (AvgIpc) is 3.04. The fourth-order valence-electron chi connectivity index (χ4n) is 3.52. The summed E-state index contributed by atoms with van der Waals surface area (Å²) in [4.78, 5) is 4.41. The van der Waals surface area contributed by atoms with Gasteiger partial charge in [0.15, 0.2) is 5.65 Å².